The van der Waals surface area contributed by atoms with Crippen molar-refractivity contribution in [1.82, 2.24) is 4.90 Å². The maximum absolute atomic E-state index is 3.53. The third-order valence-corrected chi connectivity index (χ3v) is 4.58. The lowest BCUT2D eigenvalue weighted by atomic mass is 9.74. The summed E-state index contributed by atoms with van der Waals surface area (Å²) in [6.45, 7) is 3.63. The Labute approximate surface area is 112 Å². The van der Waals surface area contributed by atoms with Gasteiger partial charge in [0.25, 0.3) is 0 Å². The smallest absolute Gasteiger partial charge is 0.0165 e. The van der Waals surface area contributed by atoms with Gasteiger partial charge in [-0.1, -0.05) is 52.3 Å². The largest absolute Gasteiger partial charge is 0.302 e. The SMILES string of the molecule is BrCCN1CCC2(C=Cc3ccccc32)CC1. The number of rotatable bonds is 2. The number of halogens is 1. The van der Waals surface area contributed by atoms with Gasteiger partial charge in [0.1, 0.15) is 0 Å². The van der Waals surface area contributed by atoms with Crippen molar-refractivity contribution >= 4 is 22.0 Å². The van der Waals surface area contributed by atoms with Crippen molar-refractivity contribution in [2.75, 3.05) is 25.0 Å². The maximum atomic E-state index is 3.53. The molecule has 0 N–H and O–H groups in total. The minimum atomic E-state index is 0.347. The highest BCUT2D eigenvalue weighted by atomic mass is 79.9. The van der Waals surface area contributed by atoms with Crippen LogP contribution in [0.3, 0.4) is 0 Å². The highest BCUT2D eigenvalue weighted by Gasteiger charge is 2.37. The van der Waals surface area contributed by atoms with Crippen molar-refractivity contribution in [1.29, 1.82) is 0 Å². The molecule has 1 heterocycles. The summed E-state index contributed by atoms with van der Waals surface area (Å²) in [4.78, 5) is 2.56. The van der Waals surface area contributed by atoms with E-state index < -0.39 is 0 Å². The first-order chi connectivity index (χ1) is 8.34. The highest BCUT2D eigenvalue weighted by molar-refractivity contribution is 9.09. The fraction of sp³-hybridized carbons (Fsp3) is 0.467. The van der Waals surface area contributed by atoms with E-state index in [4.69, 9.17) is 0 Å². The summed E-state index contributed by atoms with van der Waals surface area (Å²) in [5.74, 6) is 0. The van der Waals surface area contributed by atoms with E-state index in [1.165, 1.54) is 38.0 Å². The molecule has 1 aliphatic carbocycles. The van der Waals surface area contributed by atoms with Crippen LogP contribution in [0.15, 0.2) is 30.3 Å². The lowest BCUT2D eigenvalue weighted by Gasteiger charge is -2.39. The zero-order valence-corrected chi connectivity index (χ0v) is 11.6. The van der Waals surface area contributed by atoms with Crippen molar-refractivity contribution in [3.63, 3.8) is 0 Å². The van der Waals surface area contributed by atoms with Gasteiger partial charge in [0, 0.05) is 17.3 Å². The van der Waals surface area contributed by atoms with Crippen LogP contribution in [0.4, 0.5) is 0 Å². The fourth-order valence-electron chi connectivity index (χ4n) is 3.17. The molecule has 2 aliphatic rings. The molecule has 1 saturated heterocycles. The number of likely N-dealkylation sites (tertiary alicyclic amines) is 1. The Bertz CT molecular complexity index is 430. The number of alkyl halides is 1. The van der Waals surface area contributed by atoms with E-state index >= 15 is 0 Å². The van der Waals surface area contributed by atoms with Crippen LogP contribution < -0.4 is 0 Å². The first-order valence-electron chi connectivity index (χ1n) is 6.41. The monoisotopic (exact) mass is 291 g/mol. The highest BCUT2D eigenvalue weighted by Crippen LogP contribution is 2.43. The number of nitrogens with zero attached hydrogens (tertiary/aromatic N) is 1. The van der Waals surface area contributed by atoms with Gasteiger partial charge in [-0.3, -0.25) is 0 Å². The van der Waals surface area contributed by atoms with Crippen LogP contribution in [0.1, 0.15) is 24.0 Å². The average Bonchev–Trinajstić information content (AvgIpc) is 2.73. The molecular formula is C15H18BrN. The summed E-state index contributed by atoms with van der Waals surface area (Å²) in [6, 6.07) is 8.88. The van der Waals surface area contributed by atoms with E-state index in [-0.39, 0.29) is 0 Å². The number of allylic oxidation sites excluding steroid dienone is 1. The molecule has 0 unspecified atom stereocenters. The van der Waals surface area contributed by atoms with Crippen LogP contribution in [0.2, 0.25) is 0 Å². The van der Waals surface area contributed by atoms with Crippen molar-refractivity contribution in [2.45, 2.75) is 18.3 Å². The molecule has 0 amide bonds. The molecular weight excluding hydrogens is 274 g/mol. The van der Waals surface area contributed by atoms with Gasteiger partial charge in [-0.25, -0.2) is 0 Å². The number of hydrogen-bond donors (Lipinski definition) is 0. The second kappa shape index (κ2) is 4.58. The Hall–Kier alpha value is -0.600. The van der Waals surface area contributed by atoms with E-state index in [1.807, 2.05) is 0 Å². The Balaban J connectivity index is 1.80. The second-order valence-corrected chi connectivity index (χ2v) is 5.90. The molecule has 0 bridgehead atoms. The number of fused-ring (bicyclic) bond motifs is 2. The summed E-state index contributed by atoms with van der Waals surface area (Å²) in [5.41, 5.74) is 3.33. The van der Waals surface area contributed by atoms with Crippen LogP contribution in [0, 0.1) is 0 Å². The van der Waals surface area contributed by atoms with E-state index in [0.717, 1.165) is 5.33 Å². The number of piperidine rings is 1. The normalized spacial score (nSPS) is 21.9. The lowest BCUT2D eigenvalue weighted by molar-refractivity contribution is 0.194. The molecule has 3 rings (SSSR count). The summed E-state index contributed by atoms with van der Waals surface area (Å²) >= 11 is 3.53. The van der Waals surface area contributed by atoms with Crippen LogP contribution in [-0.4, -0.2) is 29.9 Å². The van der Waals surface area contributed by atoms with Crippen molar-refractivity contribution in [3.8, 4) is 0 Å². The first kappa shape index (κ1) is 11.5. The molecule has 1 aromatic rings. The number of benzene rings is 1. The second-order valence-electron chi connectivity index (χ2n) is 5.11. The summed E-state index contributed by atoms with van der Waals surface area (Å²) < 4.78 is 0. The number of hydrogen-bond acceptors (Lipinski definition) is 1. The van der Waals surface area contributed by atoms with E-state index in [2.05, 4.69) is 57.2 Å². The third kappa shape index (κ3) is 1.98. The molecule has 1 aromatic carbocycles. The molecule has 1 aliphatic heterocycles. The molecule has 1 nitrogen and oxygen atoms in total. The average molecular weight is 292 g/mol. The quantitative estimate of drug-likeness (QED) is 0.755. The Kier molecular flexibility index (Phi) is 3.10. The first-order valence-corrected chi connectivity index (χ1v) is 7.53. The summed E-state index contributed by atoms with van der Waals surface area (Å²) in [6.07, 6.45) is 7.31. The van der Waals surface area contributed by atoms with Crippen LogP contribution >= 0.6 is 15.9 Å². The zero-order valence-electron chi connectivity index (χ0n) is 10.0. The lowest BCUT2D eigenvalue weighted by Crippen LogP contribution is -2.41. The molecule has 0 saturated carbocycles. The van der Waals surface area contributed by atoms with Gasteiger partial charge in [-0.2, -0.15) is 0 Å². The Morgan fingerprint density at radius 1 is 1.18 bits per heavy atom. The summed E-state index contributed by atoms with van der Waals surface area (Å²) in [5, 5.41) is 1.09. The van der Waals surface area contributed by atoms with Gasteiger partial charge in [0.2, 0.25) is 0 Å². The van der Waals surface area contributed by atoms with Crippen LogP contribution in [-0.2, 0) is 5.41 Å². The molecule has 1 spiro atoms. The van der Waals surface area contributed by atoms with Gasteiger partial charge in [0.15, 0.2) is 0 Å². The van der Waals surface area contributed by atoms with Gasteiger partial charge in [0.05, 0.1) is 0 Å². The predicted octanol–water partition coefficient (Wildman–Crippen LogP) is 3.44. The van der Waals surface area contributed by atoms with Crippen LogP contribution in [0.5, 0.6) is 0 Å². The molecule has 1 fully saturated rings. The van der Waals surface area contributed by atoms with Gasteiger partial charge in [-0.15, -0.1) is 0 Å². The molecule has 2 heteroatoms. The molecule has 0 radical (unpaired) electrons. The molecule has 0 atom stereocenters. The third-order valence-electron chi connectivity index (χ3n) is 4.23. The van der Waals surface area contributed by atoms with Crippen molar-refractivity contribution in [3.05, 3.63) is 41.5 Å². The van der Waals surface area contributed by atoms with Gasteiger partial charge in [-0.05, 0) is 37.1 Å². The Morgan fingerprint density at radius 3 is 2.71 bits per heavy atom. The molecule has 17 heavy (non-hydrogen) atoms. The van der Waals surface area contributed by atoms with Crippen LogP contribution in [0.25, 0.3) is 6.08 Å². The minimum Gasteiger partial charge on any atom is -0.302 e. The van der Waals surface area contributed by atoms with E-state index in [9.17, 15) is 0 Å². The van der Waals surface area contributed by atoms with Gasteiger partial charge >= 0.3 is 0 Å². The topological polar surface area (TPSA) is 3.24 Å². The molecule has 90 valence electrons. The van der Waals surface area contributed by atoms with Gasteiger partial charge < -0.3 is 4.90 Å². The van der Waals surface area contributed by atoms with E-state index in [1.54, 1.807) is 5.56 Å². The van der Waals surface area contributed by atoms with E-state index in [0.29, 0.717) is 5.41 Å². The van der Waals surface area contributed by atoms with Crippen molar-refractivity contribution in [2.24, 2.45) is 0 Å². The maximum Gasteiger partial charge on any atom is 0.0165 e. The molecule has 0 aromatic heterocycles. The zero-order chi connectivity index (χ0) is 11.7. The minimum absolute atomic E-state index is 0.347. The fourth-order valence-corrected chi connectivity index (χ4v) is 3.67. The predicted molar refractivity (Wildman–Crippen MR) is 76.6 cm³/mol. The summed E-state index contributed by atoms with van der Waals surface area (Å²) in [7, 11) is 0. The Morgan fingerprint density at radius 2 is 1.94 bits per heavy atom. The standard InChI is InChI=1S/C15H18BrN/c16-9-12-17-10-7-15(8-11-17)6-5-13-3-1-2-4-14(13)15/h1-6H,7-12H2. The van der Waals surface area contributed by atoms with Crippen molar-refractivity contribution < 1.29 is 0 Å².